The number of hydrogen-bond acceptors (Lipinski definition) is 2. The first kappa shape index (κ1) is 10.6. The molecule has 4 heteroatoms. The largest absolute Gasteiger partial charge is 0.399 e. The van der Waals surface area contributed by atoms with Crippen LogP contribution in [0.1, 0.15) is 19.3 Å². The van der Waals surface area contributed by atoms with Crippen molar-refractivity contribution in [1.82, 2.24) is 0 Å². The number of halogens is 1. The third-order valence-corrected chi connectivity index (χ3v) is 3.87. The number of hydrogen-bond donors (Lipinski definition) is 2. The second-order valence-corrected chi connectivity index (χ2v) is 5.15. The summed E-state index contributed by atoms with van der Waals surface area (Å²) < 4.78 is 13.5. The van der Waals surface area contributed by atoms with E-state index in [1.54, 1.807) is 6.07 Å². The molecule has 2 aliphatic rings. The van der Waals surface area contributed by atoms with Gasteiger partial charge in [-0.1, -0.05) is 0 Å². The summed E-state index contributed by atoms with van der Waals surface area (Å²) in [5, 5.41) is 2.65. The van der Waals surface area contributed by atoms with Crippen LogP contribution in [0, 0.1) is 23.6 Å². The highest BCUT2D eigenvalue weighted by molar-refractivity contribution is 5.93. The van der Waals surface area contributed by atoms with E-state index in [0.29, 0.717) is 5.69 Å². The Morgan fingerprint density at radius 2 is 2.00 bits per heavy atom. The number of nitrogen functional groups attached to an aromatic ring is 1. The molecule has 17 heavy (non-hydrogen) atoms. The van der Waals surface area contributed by atoms with Crippen LogP contribution in [0.5, 0.6) is 0 Å². The summed E-state index contributed by atoms with van der Waals surface area (Å²) in [4.78, 5) is 11.9. The molecule has 3 rings (SSSR count). The molecule has 3 nitrogen and oxygen atoms in total. The molecular formula is C13H15FN2O. The van der Waals surface area contributed by atoms with Crippen molar-refractivity contribution in [2.75, 3.05) is 11.1 Å². The molecule has 0 aliphatic heterocycles. The van der Waals surface area contributed by atoms with Crippen LogP contribution in [-0.4, -0.2) is 5.91 Å². The van der Waals surface area contributed by atoms with Gasteiger partial charge in [-0.05, 0) is 49.3 Å². The lowest BCUT2D eigenvalue weighted by Crippen LogP contribution is -2.22. The monoisotopic (exact) mass is 234 g/mol. The Bertz CT molecular complexity index is 464. The summed E-state index contributed by atoms with van der Waals surface area (Å²) in [6.07, 6.45) is 3.21. The molecule has 1 aromatic carbocycles. The molecule has 2 aliphatic carbocycles. The van der Waals surface area contributed by atoms with E-state index in [2.05, 4.69) is 5.32 Å². The Labute approximate surface area is 99.2 Å². The van der Waals surface area contributed by atoms with Crippen LogP contribution in [0.15, 0.2) is 18.2 Å². The fourth-order valence-corrected chi connectivity index (χ4v) is 2.80. The molecule has 1 amide bonds. The maximum absolute atomic E-state index is 13.5. The van der Waals surface area contributed by atoms with Crippen molar-refractivity contribution in [3.63, 3.8) is 0 Å². The Kier molecular flexibility index (Phi) is 2.31. The van der Waals surface area contributed by atoms with Crippen molar-refractivity contribution in [1.29, 1.82) is 0 Å². The number of nitrogens with two attached hydrogens (primary N) is 1. The standard InChI is InChI=1S/C13H15FN2O/c14-11-6-10(15)1-2-12(11)16-13(17)9-4-7-3-8(7)5-9/h1-2,6-9H,3-5,15H2,(H,16,17). The second-order valence-electron chi connectivity index (χ2n) is 5.15. The lowest BCUT2D eigenvalue weighted by Gasteiger charge is -2.12. The third-order valence-electron chi connectivity index (χ3n) is 3.87. The van der Waals surface area contributed by atoms with Crippen LogP contribution in [0.3, 0.4) is 0 Å². The van der Waals surface area contributed by atoms with Crippen LogP contribution in [0.2, 0.25) is 0 Å². The number of nitrogens with one attached hydrogen (secondary N) is 1. The number of anilines is 2. The highest BCUT2D eigenvalue weighted by Crippen LogP contribution is 2.54. The van der Waals surface area contributed by atoms with Gasteiger partial charge in [-0.15, -0.1) is 0 Å². The van der Waals surface area contributed by atoms with Gasteiger partial charge < -0.3 is 11.1 Å². The van der Waals surface area contributed by atoms with Gasteiger partial charge in [0.15, 0.2) is 0 Å². The van der Waals surface area contributed by atoms with Crippen molar-refractivity contribution in [3.8, 4) is 0 Å². The molecule has 2 fully saturated rings. The predicted molar refractivity (Wildman–Crippen MR) is 63.8 cm³/mol. The van der Waals surface area contributed by atoms with E-state index in [4.69, 9.17) is 5.73 Å². The van der Waals surface area contributed by atoms with Crippen LogP contribution in [-0.2, 0) is 4.79 Å². The van der Waals surface area contributed by atoms with Gasteiger partial charge in [-0.25, -0.2) is 4.39 Å². The van der Waals surface area contributed by atoms with Gasteiger partial charge in [0, 0.05) is 11.6 Å². The van der Waals surface area contributed by atoms with Gasteiger partial charge in [-0.3, -0.25) is 4.79 Å². The Morgan fingerprint density at radius 3 is 2.65 bits per heavy atom. The number of amides is 1. The normalized spacial score (nSPS) is 29.8. The quantitative estimate of drug-likeness (QED) is 0.772. The van der Waals surface area contributed by atoms with Gasteiger partial charge in [0.2, 0.25) is 5.91 Å². The van der Waals surface area contributed by atoms with Crippen molar-refractivity contribution in [2.45, 2.75) is 19.3 Å². The van der Waals surface area contributed by atoms with Crippen molar-refractivity contribution in [3.05, 3.63) is 24.0 Å². The van der Waals surface area contributed by atoms with Crippen molar-refractivity contribution in [2.24, 2.45) is 17.8 Å². The molecule has 0 saturated heterocycles. The Morgan fingerprint density at radius 1 is 1.29 bits per heavy atom. The smallest absolute Gasteiger partial charge is 0.227 e. The summed E-state index contributed by atoms with van der Waals surface area (Å²) in [6, 6.07) is 4.32. The predicted octanol–water partition coefficient (Wildman–Crippen LogP) is 2.39. The summed E-state index contributed by atoms with van der Waals surface area (Å²) in [6.45, 7) is 0. The maximum atomic E-state index is 13.5. The molecule has 0 bridgehead atoms. The molecule has 0 spiro atoms. The highest BCUT2D eigenvalue weighted by atomic mass is 19.1. The SMILES string of the molecule is Nc1ccc(NC(=O)C2CC3CC3C2)c(F)c1. The first-order valence-electron chi connectivity index (χ1n) is 5.99. The van der Waals surface area contributed by atoms with E-state index in [1.165, 1.54) is 18.6 Å². The van der Waals surface area contributed by atoms with Gasteiger partial charge in [0.05, 0.1) is 5.69 Å². The Hall–Kier alpha value is -1.58. The first-order valence-corrected chi connectivity index (χ1v) is 5.99. The minimum Gasteiger partial charge on any atom is -0.399 e. The lowest BCUT2D eigenvalue weighted by molar-refractivity contribution is -0.120. The Balaban J connectivity index is 1.67. The van der Waals surface area contributed by atoms with Crippen LogP contribution >= 0.6 is 0 Å². The fourth-order valence-electron chi connectivity index (χ4n) is 2.80. The molecule has 0 radical (unpaired) electrons. The topological polar surface area (TPSA) is 55.1 Å². The molecule has 2 unspecified atom stereocenters. The van der Waals surface area contributed by atoms with Crippen LogP contribution < -0.4 is 11.1 Å². The van der Waals surface area contributed by atoms with E-state index in [0.717, 1.165) is 24.7 Å². The van der Waals surface area contributed by atoms with E-state index in [1.807, 2.05) is 0 Å². The average molecular weight is 234 g/mol. The molecule has 2 saturated carbocycles. The summed E-state index contributed by atoms with van der Waals surface area (Å²) >= 11 is 0. The summed E-state index contributed by atoms with van der Waals surface area (Å²) in [5.74, 6) is 1.04. The third kappa shape index (κ3) is 1.99. The van der Waals surface area contributed by atoms with E-state index in [9.17, 15) is 9.18 Å². The number of fused-ring (bicyclic) bond motifs is 1. The molecule has 90 valence electrons. The molecule has 3 N–H and O–H groups in total. The van der Waals surface area contributed by atoms with Crippen molar-refractivity contribution >= 4 is 17.3 Å². The van der Waals surface area contributed by atoms with Gasteiger partial charge >= 0.3 is 0 Å². The molecule has 0 heterocycles. The molecule has 1 aromatic rings. The zero-order valence-corrected chi connectivity index (χ0v) is 9.45. The molecule has 2 atom stereocenters. The summed E-state index contributed by atoms with van der Waals surface area (Å²) in [7, 11) is 0. The van der Waals surface area contributed by atoms with Crippen molar-refractivity contribution < 1.29 is 9.18 Å². The summed E-state index contributed by atoms with van der Waals surface area (Å²) in [5.41, 5.74) is 6.04. The number of benzene rings is 1. The van der Waals surface area contributed by atoms with E-state index in [-0.39, 0.29) is 17.5 Å². The van der Waals surface area contributed by atoms with Gasteiger partial charge in [0.1, 0.15) is 5.82 Å². The zero-order valence-electron chi connectivity index (χ0n) is 9.45. The number of carbonyl (C=O) groups excluding carboxylic acids is 1. The minimum absolute atomic E-state index is 0.0547. The maximum Gasteiger partial charge on any atom is 0.227 e. The van der Waals surface area contributed by atoms with Gasteiger partial charge in [-0.2, -0.15) is 0 Å². The zero-order chi connectivity index (χ0) is 12.0. The molecule has 0 aromatic heterocycles. The van der Waals surface area contributed by atoms with Crippen LogP contribution in [0.25, 0.3) is 0 Å². The van der Waals surface area contributed by atoms with Crippen LogP contribution in [0.4, 0.5) is 15.8 Å². The second kappa shape index (κ2) is 3.72. The number of rotatable bonds is 2. The lowest BCUT2D eigenvalue weighted by atomic mass is 10.0. The minimum atomic E-state index is -0.471. The fraction of sp³-hybridized carbons (Fsp3) is 0.462. The van der Waals surface area contributed by atoms with E-state index >= 15 is 0 Å². The highest BCUT2D eigenvalue weighted by Gasteiger charge is 2.48. The average Bonchev–Trinajstić information content (AvgIpc) is 2.89. The van der Waals surface area contributed by atoms with E-state index < -0.39 is 5.82 Å². The number of carbonyl (C=O) groups is 1. The molecular weight excluding hydrogens is 219 g/mol. The first-order chi connectivity index (χ1) is 8.13. The van der Waals surface area contributed by atoms with Gasteiger partial charge in [0.25, 0.3) is 0 Å².